The molecule has 3 aromatic carbocycles. The second kappa shape index (κ2) is 13.2. The number of rotatable bonds is 9. The first-order valence-electron chi connectivity index (χ1n) is 14.9. The maximum atomic E-state index is 14.4. The van der Waals surface area contributed by atoms with E-state index in [4.69, 9.17) is 21.6 Å². The van der Waals surface area contributed by atoms with E-state index in [0.29, 0.717) is 67.1 Å². The predicted octanol–water partition coefficient (Wildman–Crippen LogP) is 5.76. The Morgan fingerprint density at radius 3 is 2.29 bits per heavy atom. The fourth-order valence-corrected chi connectivity index (χ4v) is 7.84. The quantitative estimate of drug-likeness (QED) is 0.228. The molecule has 0 unspecified atom stereocenters. The summed E-state index contributed by atoms with van der Waals surface area (Å²) >= 11 is 6.53. The third-order valence-electron chi connectivity index (χ3n) is 8.30. The molecule has 0 spiro atoms. The lowest BCUT2D eigenvalue weighted by molar-refractivity contribution is -0.122. The first-order valence-corrected chi connectivity index (χ1v) is 16.7. The fraction of sp³-hybridized carbons (Fsp3) is 0.303. The van der Waals surface area contributed by atoms with Crippen LogP contribution in [0.4, 0.5) is 20.4 Å². The summed E-state index contributed by atoms with van der Waals surface area (Å²) < 4.78 is 55.7. The Hall–Kier alpha value is -3.93. The molecule has 0 amide bonds. The summed E-state index contributed by atoms with van der Waals surface area (Å²) in [5, 5.41) is 0.529. The van der Waals surface area contributed by atoms with Crippen molar-refractivity contribution in [2.45, 2.75) is 36.6 Å². The number of para-hydroxylation sites is 1. The lowest BCUT2D eigenvalue weighted by Crippen LogP contribution is -2.47. The summed E-state index contributed by atoms with van der Waals surface area (Å²) in [6.07, 6.45) is 1.34. The number of benzene rings is 3. The van der Waals surface area contributed by atoms with Crippen molar-refractivity contribution in [1.82, 2.24) is 14.3 Å². The third-order valence-corrected chi connectivity index (χ3v) is 10.5. The van der Waals surface area contributed by atoms with Crippen molar-refractivity contribution in [1.29, 1.82) is 0 Å². The van der Waals surface area contributed by atoms with Crippen molar-refractivity contribution in [3.8, 4) is 11.3 Å². The highest BCUT2D eigenvalue weighted by molar-refractivity contribution is 7.89. The molecule has 0 saturated carbocycles. The topological polar surface area (TPSA) is 86.7 Å². The number of halogens is 3. The highest BCUT2D eigenvalue weighted by Gasteiger charge is 2.39. The van der Waals surface area contributed by atoms with E-state index in [1.165, 1.54) is 22.5 Å². The molecular formula is C33H32ClF2N5O3S. The van der Waals surface area contributed by atoms with E-state index in [9.17, 15) is 22.0 Å². The third kappa shape index (κ3) is 6.70. The normalized spacial score (nSPS) is 17.5. The molecule has 0 radical (unpaired) electrons. The molecule has 0 N–H and O–H groups in total. The summed E-state index contributed by atoms with van der Waals surface area (Å²) in [6.45, 7) is 2.51. The number of aryl methyl sites for hydroxylation is 1. The Morgan fingerprint density at radius 1 is 0.867 bits per heavy atom. The van der Waals surface area contributed by atoms with Crippen molar-refractivity contribution >= 4 is 39.0 Å². The summed E-state index contributed by atoms with van der Waals surface area (Å²) in [6, 6.07) is 19.7. The predicted molar refractivity (Wildman–Crippen MR) is 170 cm³/mol. The van der Waals surface area contributed by atoms with Crippen LogP contribution in [0, 0.1) is 11.6 Å². The number of hydrogen-bond acceptors (Lipinski definition) is 7. The number of hydrogen-bond donors (Lipinski definition) is 0. The molecule has 45 heavy (non-hydrogen) atoms. The number of Topliss-reactive ketones (excluding diaryl/α,β-unsaturated/α-hetero) is 1. The number of ketones is 1. The molecule has 1 atom stereocenters. The van der Waals surface area contributed by atoms with E-state index < -0.39 is 21.9 Å². The minimum absolute atomic E-state index is 0.0384. The molecule has 6 rings (SSSR count). The van der Waals surface area contributed by atoms with Gasteiger partial charge in [-0.15, -0.1) is 0 Å². The first kappa shape index (κ1) is 31.1. The zero-order valence-corrected chi connectivity index (χ0v) is 26.0. The molecular weight excluding hydrogens is 620 g/mol. The number of aromatic nitrogens is 2. The van der Waals surface area contributed by atoms with Crippen LogP contribution in [0.15, 0.2) is 83.8 Å². The molecule has 2 saturated heterocycles. The van der Waals surface area contributed by atoms with Gasteiger partial charge in [-0.25, -0.2) is 27.2 Å². The van der Waals surface area contributed by atoms with Crippen LogP contribution in [-0.4, -0.2) is 67.2 Å². The van der Waals surface area contributed by atoms with E-state index in [0.717, 1.165) is 17.7 Å². The van der Waals surface area contributed by atoms with Crippen molar-refractivity contribution in [3.05, 3.63) is 101 Å². The molecule has 0 aliphatic carbocycles. The minimum Gasteiger partial charge on any atom is -0.366 e. The van der Waals surface area contributed by atoms with Gasteiger partial charge in [0.1, 0.15) is 11.6 Å². The highest BCUT2D eigenvalue weighted by Crippen LogP contribution is 2.31. The molecule has 2 fully saturated rings. The van der Waals surface area contributed by atoms with E-state index in [1.54, 1.807) is 18.2 Å². The van der Waals surface area contributed by atoms with Gasteiger partial charge in [0, 0.05) is 55.4 Å². The van der Waals surface area contributed by atoms with Gasteiger partial charge >= 0.3 is 0 Å². The van der Waals surface area contributed by atoms with Crippen LogP contribution >= 0.6 is 11.6 Å². The highest BCUT2D eigenvalue weighted by atomic mass is 35.5. The van der Waals surface area contributed by atoms with Gasteiger partial charge in [0.25, 0.3) is 0 Å². The van der Waals surface area contributed by atoms with Gasteiger partial charge in [-0.1, -0.05) is 41.9 Å². The maximum absolute atomic E-state index is 14.4. The van der Waals surface area contributed by atoms with Crippen LogP contribution in [0.5, 0.6) is 0 Å². The van der Waals surface area contributed by atoms with Gasteiger partial charge in [-0.2, -0.15) is 4.31 Å². The Morgan fingerprint density at radius 2 is 1.56 bits per heavy atom. The molecule has 4 aromatic rings. The number of nitrogens with zero attached hydrogens (tertiary/aromatic N) is 5. The summed E-state index contributed by atoms with van der Waals surface area (Å²) in [5.74, 6) is -0.503. The van der Waals surface area contributed by atoms with Gasteiger partial charge in [0.2, 0.25) is 16.0 Å². The molecule has 2 aliphatic heterocycles. The Bertz CT molecular complexity index is 1800. The van der Waals surface area contributed by atoms with Gasteiger partial charge < -0.3 is 9.80 Å². The number of carbonyl (C=O) groups is 1. The average Bonchev–Trinajstić information content (AvgIpc) is 3.56. The molecule has 2 aliphatic rings. The Kier molecular flexibility index (Phi) is 9.11. The van der Waals surface area contributed by atoms with E-state index in [2.05, 4.69) is 0 Å². The number of carbonyl (C=O) groups excluding carboxylic acids is 1. The zero-order chi connectivity index (χ0) is 31.6. The van der Waals surface area contributed by atoms with Crippen LogP contribution < -0.4 is 9.80 Å². The molecule has 8 nitrogen and oxygen atoms in total. The largest absolute Gasteiger partial charge is 0.366 e. The number of piperazine rings is 1. The van der Waals surface area contributed by atoms with Crippen molar-refractivity contribution in [3.63, 3.8) is 0 Å². The van der Waals surface area contributed by atoms with E-state index in [1.807, 2.05) is 40.1 Å². The molecule has 0 bridgehead atoms. The Labute approximate surface area is 266 Å². The van der Waals surface area contributed by atoms with Crippen LogP contribution in [0.3, 0.4) is 0 Å². The minimum atomic E-state index is -3.96. The van der Waals surface area contributed by atoms with Crippen molar-refractivity contribution in [2.24, 2.45) is 0 Å². The summed E-state index contributed by atoms with van der Waals surface area (Å²) in [7, 11) is -3.96. The second-order valence-electron chi connectivity index (χ2n) is 11.1. The molecule has 1 aromatic heterocycles. The van der Waals surface area contributed by atoms with Crippen LogP contribution in [-0.2, 0) is 21.2 Å². The maximum Gasteiger partial charge on any atom is 0.243 e. The first-order chi connectivity index (χ1) is 21.7. The van der Waals surface area contributed by atoms with Gasteiger partial charge in [0.15, 0.2) is 5.78 Å². The van der Waals surface area contributed by atoms with Gasteiger partial charge in [0.05, 0.1) is 22.3 Å². The Balaban J connectivity index is 1.21. The SMILES string of the molecule is O=C(CCc1cc(-c2ccccc2Cl)nc(N2CCN(c3ccccc3F)CC2)n1)[C@@H]1CCCN1S(=O)(=O)c1ccc(F)cc1. The number of sulfonamides is 1. The summed E-state index contributed by atoms with van der Waals surface area (Å²) in [4.78, 5) is 27.1. The smallest absolute Gasteiger partial charge is 0.243 e. The standard InChI is InChI=1S/C33H32ClF2N5O3S/c34-27-7-2-1-6-26(27)29-22-24(37-33(38-29)40-20-18-39(19-21-40)30-9-4-3-8-28(30)36)13-16-32(42)31-10-5-17-41(31)45(43,44)25-14-11-23(35)12-15-25/h1-4,6-9,11-12,14-15,22,31H,5,10,13,16-21H2/t31-/m0/s1. The zero-order valence-electron chi connectivity index (χ0n) is 24.4. The lowest BCUT2D eigenvalue weighted by atomic mass is 10.0. The number of anilines is 2. The van der Waals surface area contributed by atoms with Crippen LogP contribution in [0.2, 0.25) is 5.02 Å². The van der Waals surface area contributed by atoms with Crippen molar-refractivity contribution < 1.29 is 22.0 Å². The summed E-state index contributed by atoms with van der Waals surface area (Å²) in [5.41, 5.74) is 2.54. The lowest BCUT2D eigenvalue weighted by Gasteiger charge is -2.36. The van der Waals surface area contributed by atoms with Crippen LogP contribution in [0.25, 0.3) is 11.3 Å². The average molecular weight is 652 g/mol. The van der Waals surface area contributed by atoms with Gasteiger partial charge in [-0.3, -0.25) is 4.79 Å². The van der Waals surface area contributed by atoms with Crippen LogP contribution in [0.1, 0.15) is 25.0 Å². The molecule has 234 valence electrons. The monoisotopic (exact) mass is 651 g/mol. The second-order valence-corrected chi connectivity index (χ2v) is 13.4. The molecule has 12 heteroatoms. The van der Waals surface area contributed by atoms with Gasteiger partial charge in [-0.05, 0) is 67.8 Å². The van der Waals surface area contributed by atoms with Crippen molar-refractivity contribution in [2.75, 3.05) is 42.5 Å². The fourth-order valence-electron chi connectivity index (χ4n) is 5.92. The van der Waals surface area contributed by atoms with E-state index in [-0.39, 0.29) is 35.9 Å². The van der Waals surface area contributed by atoms with E-state index >= 15 is 0 Å². The molecule has 3 heterocycles.